The van der Waals surface area contributed by atoms with Gasteiger partial charge in [0.05, 0.1) is 22.6 Å². The number of hydrogen-bond acceptors (Lipinski definition) is 4. The summed E-state index contributed by atoms with van der Waals surface area (Å²) in [5, 5.41) is 17.8. The Labute approximate surface area is 128 Å². The van der Waals surface area contributed by atoms with Crippen LogP contribution in [0, 0.1) is 17.2 Å². The topological polar surface area (TPSA) is 98.5 Å². The first kappa shape index (κ1) is 17.4. The van der Waals surface area contributed by atoms with Crippen LogP contribution in [0.1, 0.15) is 19.4 Å². The summed E-state index contributed by atoms with van der Waals surface area (Å²) in [4.78, 5) is 10.7. The number of sulfonamides is 1. The summed E-state index contributed by atoms with van der Waals surface area (Å²) in [6.45, 7) is 2.97. The predicted molar refractivity (Wildman–Crippen MR) is 77.4 cm³/mol. The third kappa shape index (κ3) is 3.94. The van der Waals surface area contributed by atoms with Gasteiger partial charge < -0.3 is 5.11 Å². The van der Waals surface area contributed by atoms with Crippen molar-refractivity contribution in [1.29, 1.82) is 5.26 Å². The molecule has 0 amide bonds. The maximum absolute atomic E-state index is 12.5. The number of carbonyl (C=O) groups is 1. The molecule has 0 bridgehead atoms. The van der Waals surface area contributed by atoms with Crippen molar-refractivity contribution in [2.24, 2.45) is 5.92 Å². The SMILES string of the molecule is CCN(CC(C)C(=O)O)S(=O)(=O)c1cc(C#N)ccc1Cl. The molecule has 0 aliphatic carbocycles. The Kier molecular flexibility index (Phi) is 5.72. The van der Waals surface area contributed by atoms with Gasteiger partial charge in [-0.25, -0.2) is 8.42 Å². The van der Waals surface area contributed by atoms with E-state index in [9.17, 15) is 13.2 Å². The average molecular weight is 331 g/mol. The highest BCUT2D eigenvalue weighted by molar-refractivity contribution is 7.89. The second-order valence-corrected chi connectivity index (χ2v) is 6.77. The first-order chi connectivity index (χ1) is 9.73. The largest absolute Gasteiger partial charge is 0.481 e. The molecule has 114 valence electrons. The number of carboxylic acids is 1. The van der Waals surface area contributed by atoms with Gasteiger partial charge in [0.2, 0.25) is 10.0 Å². The van der Waals surface area contributed by atoms with E-state index in [0.29, 0.717) is 0 Å². The van der Waals surface area contributed by atoms with Crippen LogP contribution in [0.15, 0.2) is 23.1 Å². The van der Waals surface area contributed by atoms with E-state index in [2.05, 4.69) is 0 Å². The maximum Gasteiger partial charge on any atom is 0.307 e. The molecule has 0 heterocycles. The minimum atomic E-state index is -3.96. The van der Waals surface area contributed by atoms with Crippen LogP contribution in [0.3, 0.4) is 0 Å². The highest BCUT2D eigenvalue weighted by atomic mass is 35.5. The molecule has 6 nitrogen and oxygen atoms in total. The monoisotopic (exact) mass is 330 g/mol. The zero-order valence-corrected chi connectivity index (χ0v) is 13.1. The summed E-state index contributed by atoms with van der Waals surface area (Å²) in [7, 11) is -3.96. The van der Waals surface area contributed by atoms with E-state index in [4.69, 9.17) is 22.0 Å². The molecule has 0 radical (unpaired) electrons. The number of nitrogens with zero attached hydrogens (tertiary/aromatic N) is 2. The Hall–Kier alpha value is -1.62. The molecular weight excluding hydrogens is 316 g/mol. The molecular formula is C13H15ClN2O4S. The lowest BCUT2D eigenvalue weighted by atomic mass is 10.2. The molecule has 1 N–H and O–H groups in total. The van der Waals surface area contributed by atoms with E-state index in [1.54, 1.807) is 6.92 Å². The van der Waals surface area contributed by atoms with E-state index >= 15 is 0 Å². The minimum Gasteiger partial charge on any atom is -0.481 e. The van der Waals surface area contributed by atoms with Crippen molar-refractivity contribution in [3.63, 3.8) is 0 Å². The lowest BCUT2D eigenvalue weighted by molar-refractivity contribution is -0.141. The highest BCUT2D eigenvalue weighted by Crippen LogP contribution is 2.26. The lowest BCUT2D eigenvalue weighted by Crippen LogP contribution is -2.36. The van der Waals surface area contributed by atoms with Crippen molar-refractivity contribution in [2.45, 2.75) is 18.7 Å². The molecule has 21 heavy (non-hydrogen) atoms. The highest BCUT2D eigenvalue weighted by Gasteiger charge is 2.28. The Morgan fingerprint density at radius 1 is 1.52 bits per heavy atom. The van der Waals surface area contributed by atoms with E-state index in [1.807, 2.05) is 6.07 Å². The molecule has 0 fully saturated rings. The summed E-state index contributed by atoms with van der Waals surface area (Å²) in [5.74, 6) is -1.93. The van der Waals surface area contributed by atoms with Crippen LogP contribution in [0.25, 0.3) is 0 Å². The van der Waals surface area contributed by atoms with Gasteiger partial charge in [-0.3, -0.25) is 4.79 Å². The Balaban J connectivity index is 3.25. The number of rotatable bonds is 6. The zero-order valence-electron chi connectivity index (χ0n) is 11.6. The molecule has 0 aliphatic rings. The van der Waals surface area contributed by atoms with Gasteiger partial charge in [0.15, 0.2) is 0 Å². The number of benzene rings is 1. The predicted octanol–water partition coefficient (Wildman–Crippen LogP) is 1.94. The number of halogens is 1. The lowest BCUT2D eigenvalue weighted by Gasteiger charge is -2.23. The first-order valence-electron chi connectivity index (χ1n) is 6.16. The molecule has 0 spiro atoms. The van der Waals surface area contributed by atoms with Crippen LogP contribution in [-0.2, 0) is 14.8 Å². The second-order valence-electron chi connectivity index (χ2n) is 4.45. The van der Waals surface area contributed by atoms with Crippen LogP contribution in [-0.4, -0.2) is 36.9 Å². The third-order valence-corrected chi connectivity index (χ3v) is 5.35. The average Bonchev–Trinajstić information content (AvgIpc) is 2.44. The normalized spacial score (nSPS) is 12.9. The van der Waals surface area contributed by atoms with Crippen molar-refractivity contribution < 1.29 is 18.3 Å². The van der Waals surface area contributed by atoms with Crippen molar-refractivity contribution >= 4 is 27.6 Å². The van der Waals surface area contributed by atoms with Crippen molar-refractivity contribution in [3.8, 4) is 6.07 Å². The van der Waals surface area contributed by atoms with Gasteiger partial charge in [-0.15, -0.1) is 0 Å². The Morgan fingerprint density at radius 3 is 2.62 bits per heavy atom. The van der Waals surface area contributed by atoms with Crippen molar-refractivity contribution in [3.05, 3.63) is 28.8 Å². The summed E-state index contributed by atoms with van der Waals surface area (Å²) in [6, 6.07) is 5.78. The quantitative estimate of drug-likeness (QED) is 0.859. The van der Waals surface area contributed by atoms with Crippen LogP contribution >= 0.6 is 11.6 Å². The van der Waals surface area contributed by atoms with Crippen molar-refractivity contribution in [1.82, 2.24) is 4.31 Å². The number of hydrogen-bond donors (Lipinski definition) is 1. The Morgan fingerprint density at radius 2 is 2.14 bits per heavy atom. The molecule has 1 unspecified atom stereocenters. The molecule has 1 rings (SSSR count). The molecule has 1 aromatic carbocycles. The van der Waals surface area contributed by atoms with Gasteiger partial charge >= 0.3 is 5.97 Å². The maximum atomic E-state index is 12.5. The van der Waals surface area contributed by atoms with E-state index in [-0.39, 0.29) is 28.6 Å². The van der Waals surface area contributed by atoms with Gasteiger partial charge in [0, 0.05) is 13.1 Å². The molecule has 8 heteroatoms. The van der Waals surface area contributed by atoms with Crippen molar-refractivity contribution in [2.75, 3.05) is 13.1 Å². The number of carboxylic acid groups (broad SMARTS) is 1. The van der Waals surface area contributed by atoms with Crippen LogP contribution < -0.4 is 0 Å². The smallest absolute Gasteiger partial charge is 0.307 e. The fourth-order valence-corrected chi connectivity index (χ4v) is 3.73. The molecule has 1 atom stereocenters. The van der Waals surface area contributed by atoms with Gasteiger partial charge in [-0.05, 0) is 18.2 Å². The van der Waals surface area contributed by atoms with Crippen LogP contribution in [0.5, 0.6) is 0 Å². The summed E-state index contributed by atoms with van der Waals surface area (Å²) < 4.78 is 26.1. The molecule has 0 aliphatic heterocycles. The molecule has 0 saturated carbocycles. The van der Waals surface area contributed by atoms with Gasteiger partial charge in [0.1, 0.15) is 4.90 Å². The van der Waals surface area contributed by atoms with E-state index in [1.165, 1.54) is 25.1 Å². The first-order valence-corrected chi connectivity index (χ1v) is 7.98. The molecule has 0 aromatic heterocycles. The number of aliphatic carboxylic acids is 1. The van der Waals surface area contributed by atoms with E-state index in [0.717, 1.165) is 4.31 Å². The summed E-state index contributed by atoms with van der Waals surface area (Å²) >= 11 is 5.91. The third-order valence-electron chi connectivity index (χ3n) is 2.93. The minimum absolute atomic E-state index is 0.00423. The zero-order chi connectivity index (χ0) is 16.2. The fraction of sp³-hybridized carbons (Fsp3) is 0.385. The second kappa shape index (κ2) is 6.89. The Bertz CT molecular complexity index is 682. The van der Waals surface area contributed by atoms with Gasteiger partial charge in [-0.1, -0.05) is 25.4 Å². The molecule has 0 saturated heterocycles. The van der Waals surface area contributed by atoms with Crippen LogP contribution in [0.2, 0.25) is 5.02 Å². The van der Waals surface area contributed by atoms with Crippen LogP contribution in [0.4, 0.5) is 0 Å². The van der Waals surface area contributed by atoms with Gasteiger partial charge in [-0.2, -0.15) is 9.57 Å². The number of nitriles is 1. The standard InChI is InChI=1S/C13H15ClN2O4S/c1-3-16(8-9(2)13(17)18)21(19,20)12-6-10(7-15)4-5-11(12)14/h4-6,9H,3,8H2,1-2H3,(H,17,18). The summed E-state index contributed by atoms with van der Waals surface area (Å²) in [5.41, 5.74) is 0.167. The van der Waals surface area contributed by atoms with Gasteiger partial charge in [0.25, 0.3) is 0 Å². The summed E-state index contributed by atoms with van der Waals surface area (Å²) in [6.07, 6.45) is 0. The fourth-order valence-electron chi connectivity index (χ4n) is 1.69. The van der Waals surface area contributed by atoms with E-state index < -0.39 is 21.9 Å². The molecule has 1 aromatic rings.